The maximum absolute atomic E-state index is 11.7. The summed E-state index contributed by atoms with van der Waals surface area (Å²) in [6.07, 6.45) is 1.95. The van der Waals surface area contributed by atoms with Crippen LogP contribution in [0.4, 0.5) is 0 Å². The topological polar surface area (TPSA) is 57.6 Å². The minimum Gasteiger partial charge on any atom is -0.480 e. The number of rotatable bonds is 4. The lowest BCUT2D eigenvalue weighted by Gasteiger charge is -2.14. The highest BCUT2D eigenvalue weighted by Crippen LogP contribution is 2.15. The van der Waals surface area contributed by atoms with Crippen molar-refractivity contribution < 1.29 is 14.7 Å². The zero-order valence-corrected chi connectivity index (χ0v) is 9.95. The zero-order valence-electron chi connectivity index (χ0n) is 9.14. The van der Waals surface area contributed by atoms with Gasteiger partial charge in [-0.2, -0.15) is 0 Å². The van der Waals surface area contributed by atoms with Crippen molar-refractivity contribution in [2.75, 3.05) is 19.8 Å². The fourth-order valence-corrected chi connectivity index (χ4v) is 1.64. The van der Waals surface area contributed by atoms with Gasteiger partial charge in [-0.25, -0.2) is 0 Å². The molecule has 16 heavy (non-hydrogen) atoms. The van der Waals surface area contributed by atoms with Gasteiger partial charge in [0.1, 0.15) is 6.54 Å². The summed E-state index contributed by atoms with van der Waals surface area (Å²) in [7, 11) is 1.47. The van der Waals surface area contributed by atoms with Crippen LogP contribution in [-0.2, 0) is 4.79 Å². The predicted molar refractivity (Wildman–Crippen MR) is 62.8 cm³/mol. The molecular weight excluding hydrogens is 226 g/mol. The highest BCUT2D eigenvalue weighted by atomic mass is 32.2. The molecule has 0 fully saturated rings. The first kappa shape index (κ1) is 12.6. The first-order valence-corrected chi connectivity index (χ1v) is 5.88. The molecule has 0 saturated carbocycles. The van der Waals surface area contributed by atoms with Crippen molar-refractivity contribution in [3.05, 3.63) is 29.8 Å². The van der Waals surface area contributed by atoms with Gasteiger partial charge in [0.25, 0.3) is 5.91 Å². The Morgan fingerprint density at radius 2 is 1.88 bits per heavy atom. The second-order valence-corrected chi connectivity index (χ2v) is 4.16. The standard InChI is InChI=1S/C11H13NO3S/c1-12(7-10(13)14)11(15)8-3-5-9(16-2)6-4-8/h3-6H,7H2,1-2H3,(H,13,14). The molecule has 86 valence electrons. The number of hydrogen-bond acceptors (Lipinski definition) is 3. The van der Waals surface area contributed by atoms with E-state index in [9.17, 15) is 9.59 Å². The zero-order chi connectivity index (χ0) is 12.1. The number of likely N-dealkylation sites (N-methyl/N-ethyl adjacent to an activating group) is 1. The minimum atomic E-state index is -1.02. The molecule has 1 rings (SSSR count). The normalized spacial score (nSPS) is 9.88. The number of carbonyl (C=O) groups is 2. The Morgan fingerprint density at radius 3 is 2.31 bits per heavy atom. The SMILES string of the molecule is CSc1ccc(C(=O)N(C)CC(=O)O)cc1. The first-order chi connectivity index (χ1) is 7.54. The number of aliphatic carboxylic acids is 1. The molecule has 0 bridgehead atoms. The molecule has 0 spiro atoms. The van der Waals surface area contributed by atoms with Gasteiger partial charge >= 0.3 is 5.97 Å². The van der Waals surface area contributed by atoms with Crippen molar-refractivity contribution in [2.45, 2.75) is 4.90 Å². The molecule has 0 aliphatic heterocycles. The molecule has 0 saturated heterocycles. The van der Waals surface area contributed by atoms with Crippen LogP contribution in [0.2, 0.25) is 0 Å². The van der Waals surface area contributed by atoms with Crippen LogP contribution in [0.25, 0.3) is 0 Å². The highest BCUT2D eigenvalue weighted by Gasteiger charge is 2.13. The van der Waals surface area contributed by atoms with E-state index in [1.807, 2.05) is 18.4 Å². The lowest BCUT2D eigenvalue weighted by Crippen LogP contribution is -2.31. The van der Waals surface area contributed by atoms with Gasteiger partial charge in [-0.1, -0.05) is 0 Å². The third-order valence-electron chi connectivity index (χ3n) is 2.06. The van der Waals surface area contributed by atoms with Gasteiger partial charge in [-0.05, 0) is 30.5 Å². The van der Waals surface area contributed by atoms with Crippen molar-refractivity contribution in [1.82, 2.24) is 4.90 Å². The van der Waals surface area contributed by atoms with Crippen molar-refractivity contribution in [3.8, 4) is 0 Å². The maximum atomic E-state index is 11.7. The van der Waals surface area contributed by atoms with Gasteiger partial charge in [0, 0.05) is 17.5 Å². The maximum Gasteiger partial charge on any atom is 0.323 e. The summed E-state index contributed by atoms with van der Waals surface area (Å²) in [5.74, 6) is -1.30. The lowest BCUT2D eigenvalue weighted by molar-refractivity contribution is -0.137. The van der Waals surface area contributed by atoms with E-state index in [-0.39, 0.29) is 12.5 Å². The van der Waals surface area contributed by atoms with Crippen LogP contribution in [0.3, 0.4) is 0 Å². The molecule has 1 aromatic carbocycles. The van der Waals surface area contributed by atoms with E-state index < -0.39 is 5.97 Å². The van der Waals surface area contributed by atoms with Crippen molar-refractivity contribution >= 4 is 23.6 Å². The summed E-state index contributed by atoms with van der Waals surface area (Å²) in [6, 6.07) is 7.08. The Morgan fingerprint density at radius 1 is 1.31 bits per heavy atom. The Hall–Kier alpha value is -1.49. The molecule has 0 aromatic heterocycles. The quantitative estimate of drug-likeness (QED) is 0.810. The fourth-order valence-electron chi connectivity index (χ4n) is 1.23. The molecule has 1 amide bonds. The first-order valence-electron chi connectivity index (χ1n) is 4.66. The van der Waals surface area contributed by atoms with Gasteiger partial charge in [0.2, 0.25) is 0 Å². The molecule has 0 heterocycles. The fraction of sp³-hybridized carbons (Fsp3) is 0.273. The number of carboxylic acids is 1. The van der Waals surface area contributed by atoms with Crippen molar-refractivity contribution in [3.63, 3.8) is 0 Å². The van der Waals surface area contributed by atoms with Crippen LogP contribution in [0.15, 0.2) is 29.2 Å². The molecule has 5 heteroatoms. The van der Waals surface area contributed by atoms with Crippen LogP contribution < -0.4 is 0 Å². The monoisotopic (exact) mass is 239 g/mol. The Balaban J connectivity index is 2.75. The molecule has 0 radical (unpaired) electrons. The average Bonchev–Trinajstić information content (AvgIpc) is 2.27. The molecule has 1 aromatic rings. The Kier molecular flexibility index (Phi) is 4.37. The number of carbonyl (C=O) groups excluding carboxylic acids is 1. The van der Waals surface area contributed by atoms with E-state index in [1.54, 1.807) is 23.9 Å². The predicted octanol–water partition coefficient (Wildman–Crippen LogP) is 1.57. The van der Waals surface area contributed by atoms with E-state index in [1.165, 1.54) is 11.9 Å². The Bertz CT molecular complexity index is 389. The summed E-state index contributed by atoms with van der Waals surface area (Å²) in [5, 5.41) is 8.56. The smallest absolute Gasteiger partial charge is 0.323 e. The number of carboxylic acid groups (broad SMARTS) is 1. The summed E-state index contributed by atoms with van der Waals surface area (Å²) in [5.41, 5.74) is 0.501. The number of benzene rings is 1. The van der Waals surface area contributed by atoms with Crippen molar-refractivity contribution in [1.29, 1.82) is 0 Å². The minimum absolute atomic E-state index is 0.282. The largest absolute Gasteiger partial charge is 0.480 e. The van der Waals surface area contributed by atoms with E-state index in [0.717, 1.165) is 4.90 Å². The van der Waals surface area contributed by atoms with Crippen LogP contribution in [-0.4, -0.2) is 41.7 Å². The van der Waals surface area contributed by atoms with E-state index >= 15 is 0 Å². The lowest BCUT2D eigenvalue weighted by atomic mass is 10.2. The van der Waals surface area contributed by atoms with Crippen LogP contribution in [0.5, 0.6) is 0 Å². The summed E-state index contributed by atoms with van der Waals surface area (Å²) < 4.78 is 0. The van der Waals surface area contributed by atoms with E-state index in [2.05, 4.69) is 0 Å². The van der Waals surface area contributed by atoms with Crippen LogP contribution in [0.1, 0.15) is 10.4 Å². The molecule has 0 unspecified atom stereocenters. The van der Waals surface area contributed by atoms with Gasteiger partial charge in [-0.3, -0.25) is 9.59 Å². The number of nitrogens with zero attached hydrogens (tertiary/aromatic N) is 1. The molecule has 0 atom stereocenters. The van der Waals surface area contributed by atoms with Gasteiger partial charge in [-0.15, -0.1) is 11.8 Å². The van der Waals surface area contributed by atoms with E-state index in [4.69, 9.17) is 5.11 Å². The number of hydrogen-bond donors (Lipinski definition) is 1. The number of thioether (sulfide) groups is 1. The molecule has 0 aliphatic carbocycles. The summed E-state index contributed by atoms with van der Waals surface area (Å²) >= 11 is 1.59. The summed E-state index contributed by atoms with van der Waals surface area (Å²) in [6.45, 7) is -0.289. The van der Waals surface area contributed by atoms with Crippen molar-refractivity contribution in [2.24, 2.45) is 0 Å². The molecule has 1 N–H and O–H groups in total. The van der Waals surface area contributed by atoms with Crippen LogP contribution in [0, 0.1) is 0 Å². The van der Waals surface area contributed by atoms with Gasteiger partial charge in [0.15, 0.2) is 0 Å². The molecule has 0 aliphatic rings. The molecule has 4 nitrogen and oxygen atoms in total. The summed E-state index contributed by atoms with van der Waals surface area (Å²) in [4.78, 5) is 24.4. The Labute approximate surface area is 98.3 Å². The third kappa shape index (κ3) is 3.27. The number of amides is 1. The average molecular weight is 239 g/mol. The second kappa shape index (κ2) is 5.55. The molecular formula is C11H13NO3S. The van der Waals surface area contributed by atoms with Crippen LogP contribution >= 0.6 is 11.8 Å². The second-order valence-electron chi connectivity index (χ2n) is 3.28. The highest BCUT2D eigenvalue weighted by molar-refractivity contribution is 7.98. The van der Waals surface area contributed by atoms with Gasteiger partial charge in [0.05, 0.1) is 0 Å². The van der Waals surface area contributed by atoms with E-state index in [0.29, 0.717) is 5.56 Å². The van der Waals surface area contributed by atoms with Gasteiger partial charge < -0.3 is 10.0 Å². The third-order valence-corrected chi connectivity index (χ3v) is 2.80.